The first-order valence-corrected chi connectivity index (χ1v) is 2.51. The molecule has 0 bridgehead atoms. The number of aliphatic hydroxyl groups is 1. The summed E-state index contributed by atoms with van der Waals surface area (Å²) < 4.78 is 0. The minimum absolute atomic E-state index is 0.0275. The van der Waals surface area contributed by atoms with E-state index in [1.165, 1.54) is 0 Å². The molecule has 0 aliphatic carbocycles. The number of hydrogen-bond acceptors (Lipinski definition) is 2. The van der Waals surface area contributed by atoms with Crippen LogP contribution in [-0.4, -0.2) is 18.0 Å². The molecule has 0 saturated carbocycles. The van der Waals surface area contributed by atoms with Crippen molar-refractivity contribution in [2.24, 2.45) is 0 Å². The maximum Gasteiger partial charge on any atom is 0.124 e. The average molecular weight is 114 g/mol. The molecular formula is C6H10O2. The molecule has 0 aliphatic rings. The Bertz CT molecular complexity index is 94.7. The first-order chi connectivity index (χ1) is 3.81. The van der Waals surface area contributed by atoms with E-state index >= 15 is 0 Å². The summed E-state index contributed by atoms with van der Waals surface area (Å²) in [6.07, 6.45) is 2.87. The van der Waals surface area contributed by atoms with Crippen LogP contribution in [0.4, 0.5) is 0 Å². The predicted octanol–water partition coefficient (Wildman–Crippen LogP) is 0.514. The normalized spacial score (nSPS) is 11.5. The molecule has 8 heavy (non-hydrogen) atoms. The SMILES string of the molecule is CC(=CCO)CC=O. The number of carbonyl (C=O) groups is 1. The highest BCUT2D eigenvalue weighted by Gasteiger charge is 1.82. The van der Waals surface area contributed by atoms with E-state index in [-0.39, 0.29) is 6.61 Å². The largest absolute Gasteiger partial charge is 0.392 e. The zero-order valence-electron chi connectivity index (χ0n) is 4.92. The van der Waals surface area contributed by atoms with Crippen molar-refractivity contribution >= 4 is 6.29 Å². The standard InChI is InChI=1S/C6H10O2/c1-6(2-4-7)3-5-8/h2,5,7H,3-4H2,1H3. The van der Waals surface area contributed by atoms with Gasteiger partial charge in [-0.05, 0) is 6.92 Å². The highest BCUT2D eigenvalue weighted by atomic mass is 16.2. The fourth-order valence-corrected chi connectivity index (χ4v) is 0.371. The quantitative estimate of drug-likeness (QED) is 0.429. The molecule has 0 fully saturated rings. The van der Waals surface area contributed by atoms with Crippen LogP contribution in [0.1, 0.15) is 13.3 Å². The third-order valence-corrected chi connectivity index (χ3v) is 0.845. The number of aldehydes is 1. The van der Waals surface area contributed by atoms with Crippen LogP contribution in [0.2, 0.25) is 0 Å². The van der Waals surface area contributed by atoms with E-state index in [0.717, 1.165) is 11.9 Å². The summed E-state index contributed by atoms with van der Waals surface area (Å²) in [6.45, 7) is 1.84. The van der Waals surface area contributed by atoms with Gasteiger partial charge in [-0.2, -0.15) is 0 Å². The Morgan fingerprint density at radius 2 is 2.38 bits per heavy atom. The molecule has 0 aromatic rings. The van der Waals surface area contributed by atoms with Gasteiger partial charge in [-0.3, -0.25) is 0 Å². The molecule has 0 spiro atoms. The van der Waals surface area contributed by atoms with Crippen molar-refractivity contribution in [3.05, 3.63) is 11.6 Å². The van der Waals surface area contributed by atoms with E-state index in [2.05, 4.69) is 0 Å². The second-order valence-electron chi connectivity index (χ2n) is 1.60. The second kappa shape index (κ2) is 4.53. The minimum Gasteiger partial charge on any atom is -0.392 e. The highest BCUT2D eigenvalue weighted by Crippen LogP contribution is 1.93. The van der Waals surface area contributed by atoms with Gasteiger partial charge in [0.15, 0.2) is 0 Å². The first kappa shape index (κ1) is 7.37. The Morgan fingerprint density at radius 3 is 2.75 bits per heavy atom. The minimum atomic E-state index is 0.0275. The summed E-state index contributed by atoms with van der Waals surface area (Å²) in [5, 5.41) is 8.27. The second-order valence-corrected chi connectivity index (χ2v) is 1.60. The molecule has 1 N–H and O–H groups in total. The van der Waals surface area contributed by atoms with Gasteiger partial charge in [0.1, 0.15) is 6.29 Å². The number of allylic oxidation sites excluding steroid dienone is 1. The van der Waals surface area contributed by atoms with Gasteiger partial charge in [0.05, 0.1) is 6.61 Å². The van der Waals surface area contributed by atoms with E-state index in [0.29, 0.717) is 6.42 Å². The van der Waals surface area contributed by atoms with Crippen LogP contribution in [-0.2, 0) is 4.79 Å². The summed E-state index contributed by atoms with van der Waals surface area (Å²) in [4.78, 5) is 9.77. The maximum atomic E-state index is 9.77. The number of rotatable bonds is 3. The fraction of sp³-hybridized carbons (Fsp3) is 0.500. The van der Waals surface area contributed by atoms with Crippen LogP contribution < -0.4 is 0 Å². The van der Waals surface area contributed by atoms with Gasteiger partial charge in [0.25, 0.3) is 0 Å². The van der Waals surface area contributed by atoms with Gasteiger partial charge in [0.2, 0.25) is 0 Å². The molecule has 0 radical (unpaired) electrons. The predicted molar refractivity (Wildman–Crippen MR) is 31.5 cm³/mol. The van der Waals surface area contributed by atoms with Gasteiger partial charge in [-0.15, -0.1) is 0 Å². The fourth-order valence-electron chi connectivity index (χ4n) is 0.371. The molecule has 2 heteroatoms. The van der Waals surface area contributed by atoms with Gasteiger partial charge >= 0.3 is 0 Å². The molecule has 0 aromatic heterocycles. The molecule has 0 aliphatic heterocycles. The topological polar surface area (TPSA) is 37.3 Å². The van der Waals surface area contributed by atoms with E-state index in [1.807, 2.05) is 6.92 Å². The zero-order valence-corrected chi connectivity index (χ0v) is 4.92. The third-order valence-electron chi connectivity index (χ3n) is 0.845. The van der Waals surface area contributed by atoms with Crippen molar-refractivity contribution in [1.82, 2.24) is 0 Å². The Kier molecular flexibility index (Phi) is 4.17. The Labute approximate surface area is 48.8 Å². The van der Waals surface area contributed by atoms with Crippen molar-refractivity contribution in [2.45, 2.75) is 13.3 Å². The highest BCUT2D eigenvalue weighted by molar-refractivity contribution is 5.53. The molecule has 0 saturated heterocycles. The zero-order chi connectivity index (χ0) is 6.41. The molecule has 0 rings (SSSR count). The van der Waals surface area contributed by atoms with Crippen LogP contribution >= 0.6 is 0 Å². The van der Waals surface area contributed by atoms with E-state index in [4.69, 9.17) is 5.11 Å². The Hall–Kier alpha value is -0.630. The van der Waals surface area contributed by atoms with Crippen LogP contribution in [0.5, 0.6) is 0 Å². The molecule has 0 heterocycles. The monoisotopic (exact) mass is 114 g/mol. The van der Waals surface area contributed by atoms with Crippen molar-refractivity contribution < 1.29 is 9.90 Å². The van der Waals surface area contributed by atoms with Crippen LogP contribution in [0, 0.1) is 0 Å². The smallest absolute Gasteiger partial charge is 0.124 e. The summed E-state index contributed by atoms with van der Waals surface area (Å²) in [7, 11) is 0. The lowest BCUT2D eigenvalue weighted by molar-refractivity contribution is -0.107. The van der Waals surface area contributed by atoms with Gasteiger partial charge in [0, 0.05) is 6.42 Å². The lowest BCUT2D eigenvalue weighted by atomic mass is 10.2. The lowest BCUT2D eigenvalue weighted by Gasteiger charge is -1.87. The number of hydrogen-bond donors (Lipinski definition) is 1. The molecule has 46 valence electrons. The van der Waals surface area contributed by atoms with E-state index < -0.39 is 0 Å². The summed E-state index contributed by atoms with van der Waals surface area (Å²) in [5.41, 5.74) is 0.919. The Balaban J connectivity index is 3.44. The van der Waals surface area contributed by atoms with Gasteiger partial charge < -0.3 is 9.90 Å². The molecule has 2 nitrogen and oxygen atoms in total. The Morgan fingerprint density at radius 1 is 1.75 bits per heavy atom. The van der Waals surface area contributed by atoms with E-state index in [9.17, 15) is 4.79 Å². The van der Waals surface area contributed by atoms with Crippen LogP contribution in [0.15, 0.2) is 11.6 Å². The third kappa shape index (κ3) is 3.56. The van der Waals surface area contributed by atoms with Gasteiger partial charge in [-0.25, -0.2) is 0 Å². The summed E-state index contributed by atoms with van der Waals surface area (Å²) in [6, 6.07) is 0. The average Bonchev–Trinajstić information content (AvgIpc) is 1.68. The summed E-state index contributed by atoms with van der Waals surface area (Å²) >= 11 is 0. The van der Waals surface area contributed by atoms with Crippen molar-refractivity contribution in [2.75, 3.05) is 6.61 Å². The van der Waals surface area contributed by atoms with Crippen LogP contribution in [0.3, 0.4) is 0 Å². The lowest BCUT2D eigenvalue weighted by Crippen LogP contribution is -1.80. The maximum absolute atomic E-state index is 9.77. The number of carbonyl (C=O) groups excluding carboxylic acids is 1. The molecule has 0 atom stereocenters. The molecule has 0 aromatic carbocycles. The van der Waals surface area contributed by atoms with E-state index in [1.54, 1.807) is 6.08 Å². The van der Waals surface area contributed by atoms with Crippen molar-refractivity contribution in [3.63, 3.8) is 0 Å². The molecule has 0 unspecified atom stereocenters. The number of aliphatic hydroxyl groups excluding tert-OH is 1. The first-order valence-electron chi connectivity index (χ1n) is 2.51. The van der Waals surface area contributed by atoms with Crippen molar-refractivity contribution in [3.8, 4) is 0 Å². The van der Waals surface area contributed by atoms with Crippen molar-refractivity contribution in [1.29, 1.82) is 0 Å². The summed E-state index contributed by atoms with van der Waals surface area (Å²) in [5.74, 6) is 0. The molecular weight excluding hydrogens is 104 g/mol. The van der Waals surface area contributed by atoms with Crippen LogP contribution in [0.25, 0.3) is 0 Å². The molecule has 0 amide bonds. The van der Waals surface area contributed by atoms with Gasteiger partial charge in [-0.1, -0.05) is 11.6 Å².